The number of fused-ring (bicyclic) bond motifs is 1. The van der Waals surface area contributed by atoms with Crippen LogP contribution < -0.4 is 5.73 Å². The van der Waals surface area contributed by atoms with Crippen molar-refractivity contribution in [2.75, 3.05) is 0 Å². The smallest absolute Gasteiger partial charge is 0.140 e. The first-order chi connectivity index (χ1) is 6.27. The number of amidine groups is 1. The molecule has 0 radical (unpaired) electrons. The van der Waals surface area contributed by atoms with Gasteiger partial charge in [-0.05, 0) is 19.3 Å². The van der Waals surface area contributed by atoms with Gasteiger partial charge in [-0.2, -0.15) is 0 Å². The van der Waals surface area contributed by atoms with Crippen molar-refractivity contribution in [1.82, 2.24) is 5.16 Å². The summed E-state index contributed by atoms with van der Waals surface area (Å²) >= 11 is 0. The first kappa shape index (κ1) is 8.29. The van der Waals surface area contributed by atoms with Gasteiger partial charge in [-0.15, -0.1) is 0 Å². The Kier molecular flexibility index (Phi) is 2.04. The summed E-state index contributed by atoms with van der Waals surface area (Å²) in [6.45, 7) is 0. The standard InChI is InChI=1S/C9H13N3O/c10-9(11)6-2-1-3-7-5-12-13-8(7)4-6/h5-6H,1-4H2,(H3,10,11)/t6-/m0/s1. The maximum atomic E-state index is 7.40. The van der Waals surface area contributed by atoms with Crippen LogP contribution in [0.2, 0.25) is 0 Å². The third-order valence-electron chi connectivity index (χ3n) is 2.60. The minimum atomic E-state index is 0.147. The fourth-order valence-electron chi connectivity index (χ4n) is 1.79. The summed E-state index contributed by atoms with van der Waals surface area (Å²) in [6, 6.07) is 0. The molecular formula is C9H13N3O. The molecule has 1 aromatic heterocycles. The lowest BCUT2D eigenvalue weighted by Gasteiger charge is -2.09. The Morgan fingerprint density at radius 2 is 2.54 bits per heavy atom. The highest BCUT2D eigenvalue weighted by molar-refractivity contribution is 5.79. The summed E-state index contributed by atoms with van der Waals surface area (Å²) in [4.78, 5) is 0. The van der Waals surface area contributed by atoms with Gasteiger partial charge in [-0.1, -0.05) is 5.16 Å². The number of nitrogens with one attached hydrogen (secondary N) is 1. The molecule has 0 saturated heterocycles. The van der Waals surface area contributed by atoms with E-state index in [4.69, 9.17) is 15.7 Å². The number of hydrogen-bond donors (Lipinski definition) is 2. The molecule has 0 amide bonds. The largest absolute Gasteiger partial charge is 0.387 e. The van der Waals surface area contributed by atoms with E-state index in [1.165, 1.54) is 5.56 Å². The molecule has 0 aliphatic heterocycles. The molecule has 2 rings (SSSR count). The van der Waals surface area contributed by atoms with E-state index in [1.807, 2.05) is 0 Å². The number of hydrogen-bond acceptors (Lipinski definition) is 3. The molecule has 4 heteroatoms. The number of nitrogens with zero attached hydrogens (tertiary/aromatic N) is 1. The predicted octanol–water partition coefficient (Wildman–Crippen LogP) is 1.11. The molecule has 0 spiro atoms. The van der Waals surface area contributed by atoms with Gasteiger partial charge in [0.25, 0.3) is 0 Å². The Bertz CT molecular complexity index is 318. The fraction of sp³-hybridized carbons (Fsp3) is 0.556. The topological polar surface area (TPSA) is 75.9 Å². The number of nitrogens with two attached hydrogens (primary N) is 1. The van der Waals surface area contributed by atoms with E-state index in [-0.39, 0.29) is 11.8 Å². The Labute approximate surface area is 76.6 Å². The molecule has 1 aliphatic carbocycles. The van der Waals surface area contributed by atoms with Crippen LogP contribution in [0.1, 0.15) is 24.2 Å². The zero-order valence-corrected chi connectivity index (χ0v) is 7.42. The van der Waals surface area contributed by atoms with Gasteiger partial charge in [0, 0.05) is 17.9 Å². The first-order valence-electron chi connectivity index (χ1n) is 4.53. The highest BCUT2D eigenvalue weighted by Gasteiger charge is 2.21. The maximum absolute atomic E-state index is 7.40. The van der Waals surface area contributed by atoms with E-state index in [0.29, 0.717) is 0 Å². The Hall–Kier alpha value is -1.32. The molecule has 70 valence electrons. The molecule has 13 heavy (non-hydrogen) atoms. The normalized spacial score (nSPS) is 22.0. The molecule has 0 unspecified atom stereocenters. The second-order valence-corrected chi connectivity index (χ2v) is 3.52. The molecule has 1 aliphatic rings. The van der Waals surface area contributed by atoms with Crippen molar-refractivity contribution in [3.8, 4) is 0 Å². The fourth-order valence-corrected chi connectivity index (χ4v) is 1.79. The molecule has 1 aromatic rings. The predicted molar refractivity (Wildman–Crippen MR) is 48.5 cm³/mol. The summed E-state index contributed by atoms with van der Waals surface area (Å²) < 4.78 is 5.11. The Morgan fingerprint density at radius 3 is 3.31 bits per heavy atom. The van der Waals surface area contributed by atoms with E-state index < -0.39 is 0 Å². The van der Waals surface area contributed by atoms with Crippen molar-refractivity contribution >= 4 is 5.84 Å². The van der Waals surface area contributed by atoms with Crippen molar-refractivity contribution in [2.24, 2.45) is 11.7 Å². The maximum Gasteiger partial charge on any atom is 0.140 e. The molecule has 4 nitrogen and oxygen atoms in total. The van der Waals surface area contributed by atoms with Gasteiger partial charge in [0.05, 0.1) is 12.0 Å². The van der Waals surface area contributed by atoms with E-state index >= 15 is 0 Å². The van der Waals surface area contributed by atoms with E-state index in [2.05, 4.69) is 5.16 Å². The van der Waals surface area contributed by atoms with Crippen LogP contribution in [0.3, 0.4) is 0 Å². The van der Waals surface area contributed by atoms with Gasteiger partial charge in [0.15, 0.2) is 0 Å². The first-order valence-corrected chi connectivity index (χ1v) is 4.53. The lowest BCUT2D eigenvalue weighted by atomic mass is 9.99. The molecule has 0 saturated carbocycles. The van der Waals surface area contributed by atoms with E-state index in [1.54, 1.807) is 6.20 Å². The van der Waals surface area contributed by atoms with Crippen molar-refractivity contribution in [3.63, 3.8) is 0 Å². The minimum Gasteiger partial charge on any atom is -0.387 e. The summed E-state index contributed by atoms with van der Waals surface area (Å²) in [5, 5.41) is 11.1. The molecule has 1 heterocycles. The monoisotopic (exact) mass is 179 g/mol. The van der Waals surface area contributed by atoms with Gasteiger partial charge in [-0.25, -0.2) is 0 Å². The summed E-state index contributed by atoms with van der Waals surface area (Å²) in [5.74, 6) is 1.33. The van der Waals surface area contributed by atoms with Gasteiger partial charge in [0.1, 0.15) is 5.76 Å². The molecule has 1 atom stereocenters. The minimum absolute atomic E-state index is 0.147. The quantitative estimate of drug-likeness (QED) is 0.385. The summed E-state index contributed by atoms with van der Waals surface area (Å²) in [7, 11) is 0. The molecular weight excluding hydrogens is 166 g/mol. The van der Waals surface area contributed by atoms with Crippen molar-refractivity contribution in [1.29, 1.82) is 5.41 Å². The number of aromatic nitrogens is 1. The summed E-state index contributed by atoms with van der Waals surface area (Å²) in [5.41, 5.74) is 6.67. The van der Waals surface area contributed by atoms with E-state index in [9.17, 15) is 0 Å². The van der Waals surface area contributed by atoms with Crippen LogP contribution in [-0.2, 0) is 12.8 Å². The Morgan fingerprint density at radius 1 is 1.69 bits per heavy atom. The lowest BCUT2D eigenvalue weighted by molar-refractivity contribution is 0.372. The summed E-state index contributed by atoms with van der Waals surface area (Å²) in [6.07, 6.45) is 5.57. The van der Waals surface area contributed by atoms with Crippen LogP contribution in [0.4, 0.5) is 0 Å². The average molecular weight is 179 g/mol. The molecule has 3 N–H and O–H groups in total. The van der Waals surface area contributed by atoms with Gasteiger partial charge < -0.3 is 10.3 Å². The van der Waals surface area contributed by atoms with Crippen LogP contribution in [-0.4, -0.2) is 11.0 Å². The zero-order valence-electron chi connectivity index (χ0n) is 7.42. The average Bonchev–Trinajstić information content (AvgIpc) is 2.42. The van der Waals surface area contributed by atoms with Crippen LogP contribution in [0.5, 0.6) is 0 Å². The van der Waals surface area contributed by atoms with Gasteiger partial charge in [-0.3, -0.25) is 5.41 Å². The molecule has 0 bridgehead atoms. The van der Waals surface area contributed by atoms with Crippen molar-refractivity contribution < 1.29 is 4.52 Å². The number of rotatable bonds is 1. The second kappa shape index (κ2) is 3.20. The van der Waals surface area contributed by atoms with Crippen LogP contribution >= 0.6 is 0 Å². The van der Waals surface area contributed by atoms with Gasteiger partial charge in [0.2, 0.25) is 0 Å². The third-order valence-corrected chi connectivity index (χ3v) is 2.60. The van der Waals surface area contributed by atoms with Crippen LogP contribution in [0.15, 0.2) is 10.7 Å². The molecule has 0 fully saturated rings. The highest BCUT2D eigenvalue weighted by atomic mass is 16.5. The Balaban J connectivity index is 2.21. The zero-order chi connectivity index (χ0) is 9.26. The lowest BCUT2D eigenvalue weighted by Crippen LogP contribution is -2.23. The SMILES string of the molecule is N=C(N)[C@H]1CCCc2cnoc2C1. The van der Waals surface area contributed by atoms with Gasteiger partial charge >= 0.3 is 0 Å². The number of aryl methyl sites for hydroxylation is 1. The molecule has 0 aromatic carbocycles. The highest BCUT2D eigenvalue weighted by Crippen LogP contribution is 2.23. The second-order valence-electron chi connectivity index (χ2n) is 3.52. The van der Waals surface area contributed by atoms with Crippen LogP contribution in [0, 0.1) is 11.3 Å². The van der Waals surface area contributed by atoms with E-state index in [0.717, 1.165) is 31.4 Å². The van der Waals surface area contributed by atoms with Crippen molar-refractivity contribution in [2.45, 2.75) is 25.7 Å². The third kappa shape index (κ3) is 1.56. The van der Waals surface area contributed by atoms with Crippen LogP contribution in [0.25, 0.3) is 0 Å². The van der Waals surface area contributed by atoms with Crippen molar-refractivity contribution in [3.05, 3.63) is 17.5 Å².